The van der Waals surface area contributed by atoms with E-state index in [-0.39, 0.29) is 5.91 Å². The highest BCUT2D eigenvalue weighted by atomic mass is 32.2. The molecule has 0 spiro atoms. The SMILES string of the molecule is CSc1ccc(C(=O)N(C)C2CCSCC2)cc1. The summed E-state index contributed by atoms with van der Waals surface area (Å²) in [6, 6.07) is 8.31. The molecule has 1 amide bonds. The largest absolute Gasteiger partial charge is 0.339 e. The highest BCUT2D eigenvalue weighted by Crippen LogP contribution is 2.22. The van der Waals surface area contributed by atoms with Crippen molar-refractivity contribution >= 4 is 29.4 Å². The lowest BCUT2D eigenvalue weighted by atomic mass is 10.1. The molecule has 1 aromatic carbocycles. The summed E-state index contributed by atoms with van der Waals surface area (Å²) in [6.45, 7) is 0. The molecule has 1 fully saturated rings. The molecule has 0 bridgehead atoms. The molecule has 1 aliphatic heterocycles. The van der Waals surface area contributed by atoms with Crippen molar-refractivity contribution < 1.29 is 4.79 Å². The zero-order valence-electron chi connectivity index (χ0n) is 10.9. The number of thioether (sulfide) groups is 2. The molecule has 1 aliphatic rings. The highest BCUT2D eigenvalue weighted by molar-refractivity contribution is 7.99. The van der Waals surface area contributed by atoms with Crippen LogP contribution < -0.4 is 0 Å². The van der Waals surface area contributed by atoms with Crippen LogP contribution >= 0.6 is 23.5 Å². The van der Waals surface area contributed by atoms with Gasteiger partial charge in [-0.25, -0.2) is 0 Å². The van der Waals surface area contributed by atoms with Crippen LogP contribution in [0.4, 0.5) is 0 Å². The molecule has 0 aromatic heterocycles. The Labute approximate surface area is 118 Å². The molecule has 2 rings (SSSR count). The molecule has 0 saturated carbocycles. The van der Waals surface area contributed by atoms with Crippen molar-refractivity contribution in [3.63, 3.8) is 0 Å². The van der Waals surface area contributed by atoms with Gasteiger partial charge in [-0.3, -0.25) is 4.79 Å². The molecule has 0 N–H and O–H groups in total. The molecular formula is C14H19NOS2. The van der Waals surface area contributed by atoms with Gasteiger partial charge in [0.1, 0.15) is 0 Å². The summed E-state index contributed by atoms with van der Waals surface area (Å²) in [4.78, 5) is 15.5. The monoisotopic (exact) mass is 281 g/mol. The Bertz CT molecular complexity index is 399. The third-order valence-electron chi connectivity index (χ3n) is 3.40. The lowest BCUT2D eigenvalue weighted by molar-refractivity contribution is 0.0723. The molecule has 0 radical (unpaired) electrons. The van der Waals surface area contributed by atoms with Crippen LogP contribution in [-0.2, 0) is 0 Å². The lowest BCUT2D eigenvalue weighted by Crippen LogP contribution is -2.39. The summed E-state index contributed by atoms with van der Waals surface area (Å²) in [5.41, 5.74) is 0.800. The maximum atomic E-state index is 12.4. The molecule has 4 heteroatoms. The van der Waals surface area contributed by atoms with Gasteiger partial charge in [0.15, 0.2) is 0 Å². The average molecular weight is 281 g/mol. The quantitative estimate of drug-likeness (QED) is 0.792. The maximum Gasteiger partial charge on any atom is 0.253 e. The minimum atomic E-state index is 0.152. The Morgan fingerprint density at radius 2 is 1.89 bits per heavy atom. The summed E-state index contributed by atoms with van der Waals surface area (Å²) in [7, 11) is 1.94. The number of hydrogen-bond acceptors (Lipinski definition) is 3. The van der Waals surface area contributed by atoms with E-state index in [1.807, 2.05) is 54.2 Å². The molecule has 1 saturated heterocycles. The fourth-order valence-corrected chi connectivity index (χ4v) is 3.67. The smallest absolute Gasteiger partial charge is 0.253 e. The third kappa shape index (κ3) is 3.23. The maximum absolute atomic E-state index is 12.4. The Morgan fingerprint density at radius 3 is 2.44 bits per heavy atom. The van der Waals surface area contributed by atoms with Gasteiger partial charge >= 0.3 is 0 Å². The molecule has 1 heterocycles. The van der Waals surface area contributed by atoms with E-state index in [0.29, 0.717) is 6.04 Å². The van der Waals surface area contributed by atoms with E-state index in [9.17, 15) is 4.79 Å². The predicted molar refractivity (Wildman–Crippen MR) is 80.7 cm³/mol. The first-order chi connectivity index (χ1) is 8.72. The fraction of sp³-hybridized carbons (Fsp3) is 0.500. The number of benzene rings is 1. The second-order valence-electron chi connectivity index (χ2n) is 4.49. The normalized spacial score (nSPS) is 16.6. The van der Waals surface area contributed by atoms with Gasteiger partial charge in [0.2, 0.25) is 0 Å². The van der Waals surface area contributed by atoms with E-state index in [4.69, 9.17) is 0 Å². The van der Waals surface area contributed by atoms with E-state index in [0.717, 1.165) is 18.4 Å². The van der Waals surface area contributed by atoms with Gasteiger partial charge in [0.05, 0.1) is 0 Å². The van der Waals surface area contributed by atoms with Crippen molar-refractivity contribution in [2.45, 2.75) is 23.8 Å². The Morgan fingerprint density at radius 1 is 1.28 bits per heavy atom. The first-order valence-corrected chi connectivity index (χ1v) is 8.59. The summed E-state index contributed by atoms with van der Waals surface area (Å²) in [5.74, 6) is 2.50. The number of amides is 1. The second-order valence-corrected chi connectivity index (χ2v) is 6.59. The number of nitrogens with zero attached hydrogens (tertiary/aromatic N) is 1. The van der Waals surface area contributed by atoms with E-state index in [1.165, 1.54) is 16.4 Å². The van der Waals surface area contributed by atoms with Crippen molar-refractivity contribution in [2.75, 3.05) is 24.8 Å². The molecular weight excluding hydrogens is 262 g/mol. The van der Waals surface area contributed by atoms with Crippen LogP contribution in [0.3, 0.4) is 0 Å². The fourth-order valence-electron chi connectivity index (χ4n) is 2.18. The summed E-state index contributed by atoms with van der Waals surface area (Å²) < 4.78 is 0. The number of hydrogen-bond donors (Lipinski definition) is 0. The van der Waals surface area contributed by atoms with Gasteiger partial charge in [-0.1, -0.05) is 0 Å². The van der Waals surface area contributed by atoms with Crippen LogP contribution in [0.1, 0.15) is 23.2 Å². The third-order valence-corrected chi connectivity index (χ3v) is 5.19. The Kier molecular flexibility index (Phi) is 5.01. The first-order valence-electron chi connectivity index (χ1n) is 6.21. The second kappa shape index (κ2) is 6.53. The Balaban J connectivity index is 2.04. The Hall–Kier alpha value is -0.610. The van der Waals surface area contributed by atoms with Crippen LogP contribution in [0.15, 0.2) is 29.2 Å². The topological polar surface area (TPSA) is 20.3 Å². The number of carbonyl (C=O) groups is 1. The van der Waals surface area contributed by atoms with E-state index in [2.05, 4.69) is 0 Å². The molecule has 0 unspecified atom stereocenters. The van der Waals surface area contributed by atoms with Crippen LogP contribution in [-0.4, -0.2) is 41.7 Å². The van der Waals surface area contributed by atoms with E-state index >= 15 is 0 Å². The summed E-state index contributed by atoms with van der Waals surface area (Å²) in [5, 5.41) is 0. The van der Waals surface area contributed by atoms with Gasteiger partial charge in [-0.2, -0.15) is 11.8 Å². The van der Waals surface area contributed by atoms with Crippen molar-refractivity contribution in [3.05, 3.63) is 29.8 Å². The van der Waals surface area contributed by atoms with Gasteiger partial charge in [0, 0.05) is 23.5 Å². The minimum Gasteiger partial charge on any atom is -0.339 e. The standard InChI is InChI=1S/C14H19NOS2/c1-15(12-7-9-18-10-8-12)14(16)11-3-5-13(17-2)6-4-11/h3-6,12H,7-10H2,1-2H3. The van der Waals surface area contributed by atoms with Gasteiger partial charge in [0.25, 0.3) is 5.91 Å². The lowest BCUT2D eigenvalue weighted by Gasteiger charge is -2.31. The first kappa shape index (κ1) is 13.8. The predicted octanol–water partition coefficient (Wildman–Crippen LogP) is 3.38. The van der Waals surface area contributed by atoms with E-state index < -0.39 is 0 Å². The zero-order valence-corrected chi connectivity index (χ0v) is 12.5. The minimum absolute atomic E-state index is 0.152. The van der Waals surface area contributed by atoms with Gasteiger partial charge in [-0.05, 0) is 54.9 Å². The molecule has 98 valence electrons. The van der Waals surface area contributed by atoms with E-state index in [1.54, 1.807) is 11.8 Å². The van der Waals surface area contributed by atoms with Crippen molar-refractivity contribution in [1.29, 1.82) is 0 Å². The van der Waals surface area contributed by atoms with Crippen molar-refractivity contribution in [1.82, 2.24) is 4.90 Å². The van der Waals surface area contributed by atoms with Crippen LogP contribution in [0, 0.1) is 0 Å². The average Bonchev–Trinajstić information content (AvgIpc) is 2.47. The highest BCUT2D eigenvalue weighted by Gasteiger charge is 2.22. The molecule has 0 atom stereocenters. The summed E-state index contributed by atoms with van der Waals surface area (Å²) >= 11 is 3.69. The molecule has 1 aromatic rings. The number of carbonyl (C=O) groups excluding carboxylic acids is 1. The molecule has 18 heavy (non-hydrogen) atoms. The van der Waals surface area contributed by atoms with Gasteiger partial charge in [-0.15, -0.1) is 11.8 Å². The molecule has 0 aliphatic carbocycles. The van der Waals surface area contributed by atoms with Crippen LogP contribution in [0.5, 0.6) is 0 Å². The van der Waals surface area contributed by atoms with Crippen molar-refractivity contribution in [3.8, 4) is 0 Å². The van der Waals surface area contributed by atoms with Crippen LogP contribution in [0.25, 0.3) is 0 Å². The van der Waals surface area contributed by atoms with Crippen molar-refractivity contribution in [2.24, 2.45) is 0 Å². The number of rotatable bonds is 3. The zero-order chi connectivity index (χ0) is 13.0. The van der Waals surface area contributed by atoms with Gasteiger partial charge < -0.3 is 4.90 Å². The summed E-state index contributed by atoms with van der Waals surface area (Å²) in [6.07, 6.45) is 4.29. The molecule has 2 nitrogen and oxygen atoms in total. The van der Waals surface area contributed by atoms with Crippen LogP contribution in [0.2, 0.25) is 0 Å².